The maximum absolute atomic E-state index is 12.6. The molecular formula is C17H25F3N3O3S+. The lowest BCUT2D eigenvalue weighted by atomic mass is 10.2. The van der Waals surface area contributed by atoms with Crippen LogP contribution in [0.4, 0.5) is 13.2 Å². The van der Waals surface area contributed by atoms with Gasteiger partial charge in [-0.05, 0) is 30.2 Å². The van der Waals surface area contributed by atoms with E-state index in [1.807, 2.05) is 13.8 Å². The number of alkyl halides is 3. The van der Waals surface area contributed by atoms with E-state index in [0.29, 0.717) is 25.6 Å². The molecule has 1 saturated heterocycles. The number of amides is 1. The van der Waals surface area contributed by atoms with Gasteiger partial charge in [0.05, 0.1) is 36.6 Å². The number of halogens is 3. The zero-order valence-electron chi connectivity index (χ0n) is 15.3. The summed E-state index contributed by atoms with van der Waals surface area (Å²) in [5, 5.41) is 2.83. The van der Waals surface area contributed by atoms with Crippen molar-refractivity contribution in [2.75, 3.05) is 39.3 Å². The second kappa shape index (κ2) is 8.57. The van der Waals surface area contributed by atoms with Gasteiger partial charge in [0.2, 0.25) is 10.0 Å². The third-order valence-corrected chi connectivity index (χ3v) is 6.28. The van der Waals surface area contributed by atoms with Crippen LogP contribution in [-0.2, 0) is 21.0 Å². The number of hydrogen-bond acceptors (Lipinski definition) is 3. The molecule has 0 radical (unpaired) electrons. The van der Waals surface area contributed by atoms with Crippen molar-refractivity contribution >= 4 is 15.9 Å². The molecule has 0 unspecified atom stereocenters. The van der Waals surface area contributed by atoms with Gasteiger partial charge in [0.25, 0.3) is 5.91 Å². The van der Waals surface area contributed by atoms with Crippen molar-refractivity contribution in [1.29, 1.82) is 0 Å². The zero-order valence-corrected chi connectivity index (χ0v) is 16.2. The number of carbonyl (C=O) groups is 1. The van der Waals surface area contributed by atoms with Crippen molar-refractivity contribution < 1.29 is 31.3 Å². The molecule has 1 aromatic rings. The molecule has 1 heterocycles. The molecule has 10 heteroatoms. The van der Waals surface area contributed by atoms with Crippen molar-refractivity contribution in [2.45, 2.75) is 24.9 Å². The summed E-state index contributed by atoms with van der Waals surface area (Å²) in [4.78, 5) is 12.7. The average molecular weight is 408 g/mol. The molecule has 0 saturated carbocycles. The minimum atomic E-state index is -4.51. The molecule has 1 aromatic carbocycles. The van der Waals surface area contributed by atoms with Crippen LogP contribution in [0.5, 0.6) is 0 Å². The molecule has 1 amide bonds. The van der Waals surface area contributed by atoms with Gasteiger partial charge in [-0.15, -0.1) is 0 Å². The minimum Gasteiger partial charge on any atom is -0.351 e. The molecule has 27 heavy (non-hydrogen) atoms. The predicted molar refractivity (Wildman–Crippen MR) is 93.6 cm³/mol. The van der Waals surface area contributed by atoms with E-state index in [2.05, 4.69) is 5.32 Å². The SMILES string of the molecule is CC(C)CNC(=O)C[NH+]1CCN(S(=O)(=O)c2ccc(C(F)(F)F)cc2)CC1. The van der Waals surface area contributed by atoms with E-state index in [0.717, 1.165) is 29.2 Å². The molecule has 2 rings (SSSR count). The highest BCUT2D eigenvalue weighted by Crippen LogP contribution is 2.30. The van der Waals surface area contributed by atoms with Crippen molar-refractivity contribution in [3.8, 4) is 0 Å². The zero-order chi connectivity index (χ0) is 20.2. The highest BCUT2D eigenvalue weighted by atomic mass is 32.2. The van der Waals surface area contributed by atoms with E-state index >= 15 is 0 Å². The lowest BCUT2D eigenvalue weighted by Crippen LogP contribution is -3.15. The Balaban J connectivity index is 1.93. The number of benzene rings is 1. The Hall–Kier alpha value is -1.65. The van der Waals surface area contributed by atoms with Crippen molar-refractivity contribution in [2.24, 2.45) is 5.92 Å². The van der Waals surface area contributed by atoms with Gasteiger partial charge in [-0.2, -0.15) is 17.5 Å². The summed E-state index contributed by atoms with van der Waals surface area (Å²) < 4.78 is 64.3. The third kappa shape index (κ3) is 5.91. The van der Waals surface area contributed by atoms with Crippen LogP contribution < -0.4 is 10.2 Å². The number of carbonyl (C=O) groups excluding carboxylic acids is 1. The van der Waals surface area contributed by atoms with Crippen LogP contribution in [0.1, 0.15) is 19.4 Å². The van der Waals surface area contributed by atoms with E-state index in [-0.39, 0.29) is 30.4 Å². The molecule has 1 aliphatic heterocycles. The second-order valence-electron chi connectivity index (χ2n) is 7.05. The van der Waals surface area contributed by atoms with E-state index in [1.165, 1.54) is 4.31 Å². The molecule has 152 valence electrons. The maximum atomic E-state index is 12.6. The summed E-state index contributed by atoms with van der Waals surface area (Å²) in [5.74, 6) is 0.285. The standard InChI is InChI=1S/C17H24F3N3O3S/c1-13(2)11-21-16(24)12-22-7-9-23(10-8-22)27(25,26)15-5-3-14(4-6-15)17(18,19)20/h3-6,13H,7-12H2,1-2H3,(H,21,24)/p+1. The normalized spacial score (nSPS) is 17.3. The van der Waals surface area contributed by atoms with Crippen LogP contribution in [0.3, 0.4) is 0 Å². The van der Waals surface area contributed by atoms with Gasteiger partial charge in [0.15, 0.2) is 6.54 Å². The summed E-state index contributed by atoms with van der Waals surface area (Å²) in [5.41, 5.74) is -0.886. The molecule has 0 aliphatic carbocycles. The highest BCUT2D eigenvalue weighted by Gasteiger charge is 2.33. The fourth-order valence-corrected chi connectivity index (χ4v) is 4.23. The Morgan fingerprint density at radius 1 is 1.19 bits per heavy atom. The largest absolute Gasteiger partial charge is 0.416 e. The molecular weight excluding hydrogens is 383 g/mol. The number of piperazine rings is 1. The Bertz CT molecular complexity index is 741. The van der Waals surface area contributed by atoms with Gasteiger partial charge in [-0.1, -0.05) is 13.8 Å². The number of sulfonamides is 1. The van der Waals surface area contributed by atoms with Crippen molar-refractivity contribution in [3.05, 3.63) is 29.8 Å². The highest BCUT2D eigenvalue weighted by molar-refractivity contribution is 7.89. The summed E-state index contributed by atoms with van der Waals surface area (Å²) in [6.45, 7) is 6.24. The van der Waals surface area contributed by atoms with Gasteiger partial charge in [0.1, 0.15) is 0 Å². The lowest BCUT2D eigenvalue weighted by Gasteiger charge is -2.31. The first-order chi connectivity index (χ1) is 12.5. The third-order valence-electron chi connectivity index (χ3n) is 4.37. The van der Waals surface area contributed by atoms with Crippen molar-refractivity contribution in [1.82, 2.24) is 9.62 Å². The smallest absolute Gasteiger partial charge is 0.351 e. The quantitative estimate of drug-likeness (QED) is 0.715. The van der Waals surface area contributed by atoms with Crippen LogP contribution >= 0.6 is 0 Å². The van der Waals surface area contributed by atoms with Gasteiger partial charge in [-0.25, -0.2) is 8.42 Å². The fraction of sp³-hybridized carbons (Fsp3) is 0.588. The lowest BCUT2D eigenvalue weighted by molar-refractivity contribution is -0.895. The summed E-state index contributed by atoms with van der Waals surface area (Å²) in [6, 6.07) is 3.51. The topological polar surface area (TPSA) is 70.9 Å². The van der Waals surface area contributed by atoms with E-state index in [4.69, 9.17) is 0 Å². The number of rotatable bonds is 6. The van der Waals surface area contributed by atoms with E-state index in [9.17, 15) is 26.4 Å². The summed E-state index contributed by atoms with van der Waals surface area (Å²) >= 11 is 0. The number of nitrogens with one attached hydrogen (secondary N) is 2. The van der Waals surface area contributed by atoms with Crippen LogP contribution in [0, 0.1) is 5.92 Å². The molecule has 1 aliphatic rings. The van der Waals surface area contributed by atoms with Crippen LogP contribution in [0.2, 0.25) is 0 Å². The van der Waals surface area contributed by atoms with Crippen molar-refractivity contribution in [3.63, 3.8) is 0 Å². The first kappa shape index (κ1) is 21.6. The molecule has 1 fully saturated rings. The first-order valence-corrected chi connectivity index (χ1v) is 10.2. The molecule has 0 bridgehead atoms. The van der Waals surface area contributed by atoms with Crippen LogP contribution in [0.15, 0.2) is 29.2 Å². The summed E-state index contributed by atoms with van der Waals surface area (Å²) in [7, 11) is -3.85. The van der Waals surface area contributed by atoms with Gasteiger partial charge in [0, 0.05) is 6.54 Å². The summed E-state index contributed by atoms with van der Waals surface area (Å²) in [6.07, 6.45) is -4.51. The molecule has 0 spiro atoms. The van der Waals surface area contributed by atoms with Crippen LogP contribution in [0.25, 0.3) is 0 Å². The maximum Gasteiger partial charge on any atom is 0.416 e. The number of quaternary nitrogens is 1. The Labute approximate surface area is 157 Å². The van der Waals surface area contributed by atoms with Gasteiger partial charge >= 0.3 is 6.18 Å². The number of hydrogen-bond donors (Lipinski definition) is 2. The van der Waals surface area contributed by atoms with E-state index in [1.54, 1.807) is 0 Å². The molecule has 6 nitrogen and oxygen atoms in total. The molecule has 2 N–H and O–H groups in total. The van der Waals surface area contributed by atoms with Crippen LogP contribution in [-0.4, -0.2) is 57.9 Å². The second-order valence-corrected chi connectivity index (χ2v) is 8.99. The van der Waals surface area contributed by atoms with Gasteiger partial charge in [-0.3, -0.25) is 4.79 Å². The minimum absolute atomic E-state index is 0.0715. The Morgan fingerprint density at radius 3 is 2.22 bits per heavy atom. The Morgan fingerprint density at radius 2 is 1.74 bits per heavy atom. The number of nitrogens with zero attached hydrogens (tertiary/aromatic N) is 1. The monoisotopic (exact) mass is 408 g/mol. The molecule has 0 atom stereocenters. The predicted octanol–water partition coefficient (Wildman–Crippen LogP) is 0.367. The van der Waals surface area contributed by atoms with E-state index < -0.39 is 21.8 Å². The first-order valence-electron chi connectivity index (χ1n) is 8.78. The fourth-order valence-electron chi connectivity index (χ4n) is 2.79. The average Bonchev–Trinajstić information content (AvgIpc) is 2.60. The molecule has 0 aromatic heterocycles. The Kier molecular flexibility index (Phi) is 6.87. The van der Waals surface area contributed by atoms with Gasteiger partial charge < -0.3 is 10.2 Å².